The van der Waals surface area contributed by atoms with E-state index in [2.05, 4.69) is 22.6 Å². The van der Waals surface area contributed by atoms with Crippen molar-refractivity contribution in [1.82, 2.24) is 0 Å². The minimum atomic E-state index is -0.106. The number of halogens is 1. The van der Waals surface area contributed by atoms with Gasteiger partial charge in [-0.15, -0.1) is 0 Å². The number of phenolic OH excluding ortho intramolecular Hbond substituents is 1. The summed E-state index contributed by atoms with van der Waals surface area (Å²) in [5, 5.41) is 9.33. The molecule has 4 heteroatoms. The van der Waals surface area contributed by atoms with Crippen LogP contribution < -0.4 is 4.74 Å². The van der Waals surface area contributed by atoms with E-state index in [9.17, 15) is 9.90 Å². The van der Waals surface area contributed by atoms with Crippen LogP contribution in [0.2, 0.25) is 0 Å². The van der Waals surface area contributed by atoms with E-state index in [1.807, 2.05) is 36.4 Å². The average Bonchev–Trinajstić information content (AvgIpc) is 2.57. The first-order valence-electron chi connectivity index (χ1n) is 7.87. The minimum absolute atomic E-state index is 0.0396. The lowest BCUT2D eigenvalue weighted by Gasteiger charge is -2.23. The summed E-state index contributed by atoms with van der Waals surface area (Å²) < 4.78 is 6.21. The number of carbonyl (C=O) groups is 1. The van der Waals surface area contributed by atoms with Gasteiger partial charge in [-0.2, -0.15) is 0 Å². The van der Waals surface area contributed by atoms with E-state index in [1.54, 1.807) is 12.1 Å². The van der Waals surface area contributed by atoms with Gasteiger partial charge >= 0.3 is 5.97 Å². The molecule has 23 heavy (non-hydrogen) atoms. The Morgan fingerprint density at radius 2 is 1.43 bits per heavy atom. The van der Waals surface area contributed by atoms with E-state index >= 15 is 0 Å². The van der Waals surface area contributed by atoms with Crippen LogP contribution in [-0.4, -0.2) is 15.0 Å². The van der Waals surface area contributed by atoms with Crippen molar-refractivity contribution >= 4 is 28.6 Å². The zero-order chi connectivity index (χ0) is 16.2. The van der Waals surface area contributed by atoms with Gasteiger partial charge in [0.25, 0.3) is 0 Å². The van der Waals surface area contributed by atoms with Crippen molar-refractivity contribution < 1.29 is 14.6 Å². The van der Waals surface area contributed by atoms with Crippen molar-refractivity contribution in [3.05, 3.63) is 48.5 Å². The summed E-state index contributed by atoms with van der Waals surface area (Å²) in [5.41, 5.74) is 2.04. The fourth-order valence-electron chi connectivity index (χ4n) is 2.86. The maximum absolute atomic E-state index is 12.2. The highest BCUT2D eigenvalue weighted by Crippen LogP contribution is 2.30. The Kier molecular flexibility index (Phi) is 5.20. The lowest BCUT2D eigenvalue weighted by atomic mass is 9.89. The van der Waals surface area contributed by atoms with Crippen molar-refractivity contribution in [2.45, 2.75) is 29.6 Å². The number of aromatic hydroxyl groups is 1. The van der Waals surface area contributed by atoms with Gasteiger partial charge in [-0.1, -0.05) is 46.9 Å². The number of benzene rings is 2. The molecule has 0 atom stereocenters. The molecule has 0 unspecified atom stereocenters. The molecule has 0 aliphatic heterocycles. The molecule has 0 amide bonds. The molecule has 120 valence electrons. The van der Waals surface area contributed by atoms with Gasteiger partial charge in [-0.25, -0.2) is 0 Å². The van der Waals surface area contributed by atoms with Crippen molar-refractivity contribution in [3.8, 4) is 22.6 Å². The summed E-state index contributed by atoms with van der Waals surface area (Å²) >= 11 is 2.46. The molecule has 0 bridgehead atoms. The molecular weight excluding hydrogens is 403 g/mol. The highest BCUT2D eigenvalue weighted by molar-refractivity contribution is 14.1. The van der Waals surface area contributed by atoms with Gasteiger partial charge in [-0.3, -0.25) is 4.79 Å². The zero-order valence-electron chi connectivity index (χ0n) is 12.7. The second-order valence-corrected chi connectivity index (χ2v) is 7.70. The highest BCUT2D eigenvalue weighted by atomic mass is 127. The van der Waals surface area contributed by atoms with Crippen LogP contribution in [-0.2, 0) is 4.79 Å². The van der Waals surface area contributed by atoms with Crippen molar-refractivity contribution in [2.75, 3.05) is 0 Å². The summed E-state index contributed by atoms with van der Waals surface area (Å²) in [6.45, 7) is 0. The van der Waals surface area contributed by atoms with E-state index in [0.717, 1.165) is 36.8 Å². The normalized spacial score (nSPS) is 20.9. The molecule has 0 spiro atoms. The van der Waals surface area contributed by atoms with Crippen LogP contribution >= 0.6 is 22.6 Å². The molecule has 1 aliphatic rings. The fourth-order valence-corrected chi connectivity index (χ4v) is 3.58. The topological polar surface area (TPSA) is 46.5 Å². The van der Waals surface area contributed by atoms with Crippen LogP contribution in [0.1, 0.15) is 25.7 Å². The van der Waals surface area contributed by atoms with E-state index in [1.165, 1.54) is 0 Å². The Labute approximate surface area is 149 Å². The van der Waals surface area contributed by atoms with Crippen molar-refractivity contribution in [3.63, 3.8) is 0 Å². The van der Waals surface area contributed by atoms with Crippen LogP contribution in [0.25, 0.3) is 11.1 Å². The van der Waals surface area contributed by atoms with E-state index in [-0.39, 0.29) is 17.6 Å². The van der Waals surface area contributed by atoms with Gasteiger partial charge in [0.05, 0.1) is 5.92 Å². The molecule has 1 fully saturated rings. The Morgan fingerprint density at radius 3 is 2.00 bits per heavy atom. The van der Waals surface area contributed by atoms with Crippen molar-refractivity contribution in [2.24, 2.45) is 5.92 Å². The molecule has 0 radical (unpaired) electrons. The first-order chi connectivity index (χ1) is 11.1. The molecular formula is C19H19IO3. The van der Waals surface area contributed by atoms with Gasteiger partial charge in [0.15, 0.2) is 0 Å². The lowest BCUT2D eigenvalue weighted by molar-refractivity contribution is -0.139. The SMILES string of the molecule is O=C(Oc1ccc(-c2ccc(O)cc2)cc1)C1CCC(I)CC1. The number of alkyl halides is 1. The molecule has 0 heterocycles. The second-order valence-electron chi connectivity index (χ2n) is 5.94. The van der Waals surface area contributed by atoms with Crippen LogP contribution in [0, 0.1) is 5.92 Å². The van der Waals surface area contributed by atoms with E-state index in [0.29, 0.717) is 9.67 Å². The summed E-state index contributed by atoms with van der Waals surface area (Å²) in [6.07, 6.45) is 4.05. The third-order valence-corrected chi connectivity index (χ3v) is 5.51. The van der Waals surface area contributed by atoms with Crippen LogP contribution in [0.3, 0.4) is 0 Å². The summed E-state index contributed by atoms with van der Waals surface area (Å²) in [7, 11) is 0. The number of hydrogen-bond acceptors (Lipinski definition) is 3. The van der Waals surface area contributed by atoms with Crippen LogP contribution in [0.4, 0.5) is 0 Å². The maximum Gasteiger partial charge on any atom is 0.314 e. The van der Waals surface area contributed by atoms with Gasteiger partial charge in [-0.05, 0) is 61.1 Å². The minimum Gasteiger partial charge on any atom is -0.508 e. The number of phenols is 1. The van der Waals surface area contributed by atoms with Gasteiger partial charge < -0.3 is 9.84 Å². The summed E-state index contributed by atoms with van der Waals surface area (Å²) in [5.74, 6) is 0.776. The zero-order valence-corrected chi connectivity index (χ0v) is 14.9. The second kappa shape index (κ2) is 7.34. The van der Waals surface area contributed by atoms with Gasteiger partial charge in [0, 0.05) is 3.92 Å². The third kappa shape index (κ3) is 4.25. The van der Waals surface area contributed by atoms with Crippen LogP contribution in [0.15, 0.2) is 48.5 Å². The molecule has 3 nitrogen and oxygen atoms in total. The molecule has 2 aromatic rings. The largest absolute Gasteiger partial charge is 0.508 e. The molecule has 1 N–H and O–H groups in total. The number of esters is 1. The quantitative estimate of drug-likeness (QED) is 0.329. The summed E-state index contributed by atoms with van der Waals surface area (Å²) in [6, 6.07) is 14.5. The molecule has 1 aliphatic carbocycles. The Bertz CT molecular complexity index is 656. The van der Waals surface area contributed by atoms with E-state index < -0.39 is 0 Å². The monoisotopic (exact) mass is 422 g/mol. The van der Waals surface area contributed by atoms with Gasteiger partial charge in [0.2, 0.25) is 0 Å². The Balaban J connectivity index is 1.63. The van der Waals surface area contributed by atoms with E-state index in [4.69, 9.17) is 4.74 Å². The molecule has 1 saturated carbocycles. The summed E-state index contributed by atoms with van der Waals surface area (Å²) in [4.78, 5) is 12.2. The van der Waals surface area contributed by atoms with Crippen molar-refractivity contribution in [1.29, 1.82) is 0 Å². The number of carbonyl (C=O) groups excluding carboxylic acids is 1. The molecule has 0 saturated heterocycles. The smallest absolute Gasteiger partial charge is 0.314 e. The standard InChI is InChI=1S/C19H19IO3/c20-16-7-1-15(2-8-16)19(22)23-18-11-5-14(6-12-18)13-3-9-17(21)10-4-13/h3-6,9-12,15-16,21H,1-2,7-8H2. The Hall–Kier alpha value is -1.56. The number of rotatable bonds is 3. The number of hydrogen-bond donors (Lipinski definition) is 1. The maximum atomic E-state index is 12.2. The average molecular weight is 422 g/mol. The lowest BCUT2D eigenvalue weighted by Crippen LogP contribution is -2.25. The van der Waals surface area contributed by atoms with Gasteiger partial charge in [0.1, 0.15) is 11.5 Å². The number of ether oxygens (including phenoxy) is 1. The first kappa shape index (κ1) is 16.3. The highest BCUT2D eigenvalue weighted by Gasteiger charge is 2.26. The molecule has 3 rings (SSSR count). The molecule has 0 aromatic heterocycles. The first-order valence-corrected chi connectivity index (χ1v) is 9.11. The predicted octanol–water partition coefficient (Wildman–Crippen LogP) is 4.96. The molecule has 2 aromatic carbocycles. The predicted molar refractivity (Wildman–Crippen MR) is 98.9 cm³/mol. The Morgan fingerprint density at radius 1 is 0.913 bits per heavy atom. The third-order valence-electron chi connectivity index (χ3n) is 4.26. The fraction of sp³-hybridized carbons (Fsp3) is 0.316. The van der Waals surface area contributed by atoms with Crippen LogP contribution in [0.5, 0.6) is 11.5 Å².